The average Bonchev–Trinajstić information content (AvgIpc) is 3.44. The van der Waals surface area contributed by atoms with Crippen molar-refractivity contribution in [2.75, 3.05) is 20.2 Å². The van der Waals surface area contributed by atoms with Gasteiger partial charge in [-0.3, -0.25) is 4.79 Å². The minimum atomic E-state index is -0.582. The van der Waals surface area contributed by atoms with Gasteiger partial charge < -0.3 is 15.0 Å². The summed E-state index contributed by atoms with van der Waals surface area (Å²) in [5, 5.41) is 3.65. The van der Waals surface area contributed by atoms with Gasteiger partial charge in [0.2, 0.25) is 0 Å². The summed E-state index contributed by atoms with van der Waals surface area (Å²) >= 11 is 1.77. The van der Waals surface area contributed by atoms with E-state index in [-0.39, 0.29) is 5.39 Å². The van der Waals surface area contributed by atoms with Crippen LogP contribution in [0, 0.1) is 11.7 Å². The van der Waals surface area contributed by atoms with E-state index in [2.05, 4.69) is 22.2 Å². The molecule has 2 N–H and O–H groups in total. The van der Waals surface area contributed by atoms with Crippen LogP contribution in [0.1, 0.15) is 38.4 Å². The first-order chi connectivity index (χ1) is 12.6. The summed E-state index contributed by atoms with van der Waals surface area (Å²) < 4.78 is 20.0. The molecule has 0 spiro atoms. The topological polar surface area (TPSA) is 67.0 Å². The van der Waals surface area contributed by atoms with Crippen LogP contribution in [-0.4, -0.2) is 35.4 Å². The number of H-pyrrole nitrogens is 1. The Labute approximate surface area is 157 Å². The maximum Gasteiger partial charge on any atom is 0.261 e. The van der Waals surface area contributed by atoms with Crippen molar-refractivity contribution in [2.45, 2.75) is 43.6 Å². The normalized spacial score (nSPS) is 15.3. The molecule has 1 unspecified atom stereocenters. The van der Waals surface area contributed by atoms with Gasteiger partial charge >= 0.3 is 0 Å². The summed E-state index contributed by atoms with van der Waals surface area (Å²) in [5.74, 6) is 1.62. The van der Waals surface area contributed by atoms with Gasteiger partial charge in [-0.15, -0.1) is 0 Å². The van der Waals surface area contributed by atoms with Crippen molar-refractivity contribution in [2.24, 2.45) is 5.92 Å². The molecule has 1 aromatic heterocycles. The zero-order chi connectivity index (χ0) is 18.5. The molecule has 2 aromatic rings. The van der Waals surface area contributed by atoms with E-state index in [1.807, 2.05) is 7.05 Å². The molecule has 0 amide bonds. The zero-order valence-corrected chi connectivity index (χ0v) is 16.1. The van der Waals surface area contributed by atoms with Crippen molar-refractivity contribution in [3.63, 3.8) is 0 Å². The van der Waals surface area contributed by atoms with Crippen LogP contribution in [0.25, 0.3) is 10.9 Å². The van der Waals surface area contributed by atoms with E-state index in [1.54, 1.807) is 17.8 Å². The third-order valence-corrected chi connectivity index (χ3v) is 6.07. The lowest BCUT2D eigenvalue weighted by molar-refractivity contribution is 0.299. The number of benzene rings is 1. The van der Waals surface area contributed by atoms with Crippen molar-refractivity contribution >= 4 is 22.7 Å². The number of halogens is 1. The molecular formula is C19H26FN3O2S. The molecule has 1 heterocycles. The Kier molecular flexibility index (Phi) is 6.53. The molecule has 7 heteroatoms. The highest BCUT2D eigenvalue weighted by atomic mass is 32.2. The van der Waals surface area contributed by atoms with Crippen LogP contribution in [0.2, 0.25) is 0 Å². The molecule has 26 heavy (non-hydrogen) atoms. The number of thioether (sulfide) groups is 1. The number of aromatic nitrogens is 2. The van der Waals surface area contributed by atoms with Crippen LogP contribution in [0.5, 0.6) is 5.75 Å². The van der Waals surface area contributed by atoms with Gasteiger partial charge in [-0.2, -0.15) is 11.8 Å². The number of nitrogens with one attached hydrogen (secondary N) is 2. The zero-order valence-electron chi connectivity index (χ0n) is 15.3. The first kappa shape index (κ1) is 19.2. The van der Waals surface area contributed by atoms with Gasteiger partial charge in [0.15, 0.2) is 0 Å². The molecule has 0 aliphatic heterocycles. The molecule has 142 valence electrons. The Morgan fingerprint density at radius 1 is 1.46 bits per heavy atom. The van der Waals surface area contributed by atoms with Crippen LogP contribution in [-0.2, 0) is 5.75 Å². The van der Waals surface area contributed by atoms with E-state index < -0.39 is 11.4 Å². The number of aromatic amines is 1. The number of hydrogen-bond acceptors (Lipinski definition) is 5. The highest BCUT2D eigenvalue weighted by molar-refractivity contribution is 7.99. The number of nitrogens with zero attached hydrogens (tertiary/aromatic N) is 1. The Bertz CT molecular complexity index is 807. The third kappa shape index (κ3) is 4.98. The molecular weight excluding hydrogens is 353 g/mol. The van der Waals surface area contributed by atoms with Crippen LogP contribution >= 0.6 is 11.8 Å². The summed E-state index contributed by atoms with van der Waals surface area (Å²) in [4.78, 5) is 19.5. The second-order valence-corrected chi connectivity index (χ2v) is 8.09. The van der Waals surface area contributed by atoms with E-state index in [0.717, 1.165) is 19.4 Å². The minimum Gasteiger partial charge on any atom is -0.493 e. The molecule has 1 aromatic carbocycles. The number of hydrogen-bond donors (Lipinski definition) is 2. The molecule has 1 atom stereocenters. The molecule has 1 aliphatic carbocycles. The lowest BCUT2D eigenvalue weighted by Crippen LogP contribution is -2.16. The van der Waals surface area contributed by atoms with Gasteiger partial charge in [-0.25, -0.2) is 9.37 Å². The van der Waals surface area contributed by atoms with Gasteiger partial charge in [0.05, 0.1) is 17.9 Å². The predicted octanol–water partition coefficient (Wildman–Crippen LogP) is 3.47. The van der Waals surface area contributed by atoms with Crippen molar-refractivity contribution in [3.8, 4) is 5.75 Å². The molecule has 0 bridgehead atoms. The van der Waals surface area contributed by atoms with Crippen LogP contribution in [0.15, 0.2) is 16.9 Å². The van der Waals surface area contributed by atoms with Gasteiger partial charge in [0.25, 0.3) is 5.56 Å². The van der Waals surface area contributed by atoms with Gasteiger partial charge in [-0.05, 0) is 45.2 Å². The second-order valence-electron chi connectivity index (χ2n) is 6.80. The molecule has 3 rings (SSSR count). The first-order valence-corrected chi connectivity index (χ1v) is 10.3. The Balaban J connectivity index is 1.76. The lowest BCUT2D eigenvalue weighted by Gasteiger charge is -2.14. The second kappa shape index (κ2) is 8.86. The maximum atomic E-state index is 14.3. The Morgan fingerprint density at radius 2 is 2.27 bits per heavy atom. The summed E-state index contributed by atoms with van der Waals surface area (Å²) in [5.41, 5.74) is -0.0708. The molecule has 5 nitrogen and oxygen atoms in total. The van der Waals surface area contributed by atoms with Crippen molar-refractivity contribution in [1.29, 1.82) is 0 Å². The fourth-order valence-electron chi connectivity index (χ4n) is 2.81. The van der Waals surface area contributed by atoms with Crippen LogP contribution < -0.4 is 15.6 Å². The molecule has 1 fully saturated rings. The molecule has 0 radical (unpaired) electrons. The Hall–Kier alpha value is -1.60. The van der Waals surface area contributed by atoms with Crippen LogP contribution in [0.3, 0.4) is 0 Å². The highest BCUT2D eigenvalue weighted by Crippen LogP contribution is 2.30. The van der Waals surface area contributed by atoms with Crippen molar-refractivity contribution in [1.82, 2.24) is 15.3 Å². The molecule has 1 saturated carbocycles. The average molecular weight is 380 g/mol. The number of fused-ring (bicyclic) bond motifs is 1. The summed E-state index contributed by atoms with van der Waals surface area (Å²) in [7, 11) is 1.94. The van der Waals surface area contributed by atoms with Gasteiger partial charge in [0.1, 0.15) is 22.8 Å². The lowest BCUT2D eigenvalue weighted by atomic mass is 10.2. The van der Waals surface area contributed by atoms with E-state index in [0.29, 0.717) is 40.6 Å². The van der Waals surface area contributed by atoms with Gasteiger partial charge in [0, 0.05) is 17.4 Å². The fourth-order valence-corrected chi connectivity index (χ4v) is 3.86. The maximum absolute atomic E-state index is 14.3. The summed E-state index contributed by atoms with van der Waals surface area (Å²) in [6.07, 6.45) is 4.45. The Morgan fingerprint density at radius 3 is 2.96 bits per heavy atom. The largest absolute Gasteiger partial charge is 0.493 e. The third-order valence-electron chi connectivity index (χ3n) is 4.59. The van der Waals surface area contributed by atoms with E-state index in [1.165, 1.54) is 18.9 Å². The first-order valence-electron chi connectivity index (χ1n) is 9.22. The van der Waals surface area contributed by atoms with E-state index >= 15 is 0 Å². The molecule has 1 aliphatic rings. The number of ether oxygens (including phenoxy) is 1. The van der Waals surface area contributed by atoms with E-state index in [4.69, 9.17) is 4.74 Å². The highest BCUT2D eigenvalue weighted by Gasteiger charge is 2.22. The predicted molar refractivity (Wildman–Crippen MR) is 104 cm³/mol. The van der Waals surface area contributed by atoms with Crippen LogP contribution in [0.4, 0.5) is 4.39 Å². The SMILES string of the molecule is CCC(CCNC)SCc1nc2cc(OCC3CC3)cc(F)c2c(=O)[nH]1. The summed E-state index contributed by atoms with van der Waals surface area (Å²) in [6, 6.07) is 2.95. The van der Waals surface area contributed by atoms with E-state index in [9.17, 15) is 9.18 Å². The molecule has 0 saturated heterocycles. The minimum absolute atomic E-state index is 0.000235. The monoisotopic (exact) mass is 379 g/mol. The smallest absolute Gasteiger partial charge is 0.261 e. The quantitative estimate of drug-likeness (QED) is 0.662. The van der Waals surface area contributed by atoms with Crippen molar-refractivity contribution in [3.05, 3.63) is 34.1 Å². The standard InChI is InChI=1S/C19H26FN3O2S/c1-3-14(6-7-21-2)26-11-17-22-16-9-13(25-10-12-4-5-12)8-15(20)18(16)19(24)23-17/h8-9,12,14,21H,3-7,10-11H2,1-2H3,(H,22,23,24). The number of rotatable bonds is 10. The summed E-state index contributed by atoms with van der Waals surface area (Å²) in [6.45, 7) is 3.71. The van der Waals surface area contributed by atoms with Gasteiger partial charge in [-0.1, -0.05) is 6.92 Å². The fraction of sp³-hybridized carbons (Fsp3) is 0.579. The van der Waals surface area contributed by atoms with Crippen molar-refractivity contribution < 1.29 is 9.13 Å².